The summed E-state index contributed by atoms with van der Waals surface area (Å²) in [5, 5.41) is 6.28. The van der Waals surface area contributed by atoms with Crippen molar-refractivity contribution in [3.63, 3.8) is 0 Å². The highest BCUT2D eigenvalue weighted by atomic mass is 35.5. The zero-order chi connectivity index (χ0) is 20.5. The summed E-state index contributed by atoms with van der Waals surface area (Å²) >= 11 is 0. The second-order valence-electron chi connectivity index (χ2n) is 7.74. The number of hydrogen-bond acceptors (Lipinski definition) is 3. The highest BCUT2D eigenvalue weighted by molar-refractivity contribution is 6.09. The van der Waals surface area contributed by atoms with Gasteiger partial charge in [-0.3, -0.25) is 9.59 Å². The zero-order valence-corrected chi connectivity index (χ0v) is 17.4. The molecule has 1 unspecified atom stereocenters. The third kappa shape index (κ3) is 4.90. The molecule has 0 spiro atoms. The van der Waals surface area contributed by atoms with Crippen LogP contribution in [0.5, 0.6) is 0 Å². The topological polar surface area (TPSA) is 61.4 Å². The molecule has 8 heteroatoms. The van der Waals surface area contributed by atoms with Crippen molar-refractivity contribution in [3.05, 3.63) is 59.2 Å². The molecule has 5 nitrogen and oxygen atoms in total. The van der Waals surface area contributed by atoms with Gasteiger partial charge in [-0.15, -0.1) is 12.4 Å². The van der Waals surface area contributed by atoms with Gasteiger partial charge in [0.25, 0.3) is 0 Å². The Kier molecular flexibility index (Phi) is 6.61. The molecule has 2 aliphatic rings. The van der Waals surface area contributed by atoms with Crippen LogP contribution in [0.4, 0.5) is 20.2 Å². The first-order chi connectivity index (χ1) is 13.9. The van der Waals surface area contributed by atoms with E-state index in [1.165, 1.54) is 17.7 Å². The number of amides is 2. The molecule has 2 N–H and O–H groups in total. The van der Waals surface area contributed by atoms with E-state index in [0.717, 1.165) is 35.0 Å². The maximum atomic E-state index is 13.4. The molecule has 0 bridgehead atoms. The van der Waals surface area contributed by atoms with Gasteiger partial charge in [-0.1, -0.05) is 12.1 Å². The van der Waals surface area contributed by atoms with Crippen LogP contribution >= 0.6 is 12.4 Å². The predicted molar refractivity (Wildman–Crippen MR) is 114 cm³/mol. The number of aryl methyl sites for hydroxylation is 1. The second-order valence-corrected chi connectivity index (χ2v) is 7.74. The highest BCUT2D eigenvalue weighted by Crippen LogP contribution is 2.28. The Morgan fingerprint density at radius 1 is 1.10 bits per heavy atom. The minimum Gasteiger partial charge on any atom is -0.382 e. The van der Waals surface area contributed by atoms with Gasteiger partial charge in [0, 0.05) is 36.6 Å². The van der Waals surface area contributed by atoms with Crippen molar-refractivity contribution in [1.29, 1.82) is 0 Å². The molecule has 1 aliphatic carbocycles. The van der Waals surface area contributed by atoms with Crippen molar-refractivity contribution in [3.8, 4) is 0 Å². The van der Waals surface area contributed by atoms with Gasteiger partial charge >= 0.3 is 0 Å². The van der Waals surface area contributed by atoms with Crippen molar-refractivity contribution < 1.29 is 18.4 Å². The van der Waals surface area contributed by atoms with Gasteiger partial charge in [0.05, 0.1) is 0 Å². The largest absolute Gasteiger partial charge is 0.382 e. The van der Waals surface area contributed by atoms with Crippen LogP contribution < -0.4 is 15.5 Å². The van der Waals surface area contributed by atoms with Crippen LogP contribution in [0.25, 0.3) is 0 Å². The van der Waals surface area contributed by atoms with Gasteiger partial charge in [0.1, 0.15) is 17.6 Å². The molecule has 1 saturated heterocycles. The average Bonchev–Trinajstić information content (AvgIpc) is 3.40. The Morgan fingerprint density at radius 2 is 1.80 bits per heavy atom. The van der Waals surface area contributed by atoms with Crippen molar-refractivity contribution in [2.45, 2.75) is 38.8 Å². The summed E-state index contributed by atoms with van der Waals surface area (Å²) in [6.07, 6.45) is 2.71. The molecule has 2 aromatic carbocycles. The van der Waals surface area contributed by atoms with Crippen molar-refractivity contribution >= 4 is 35.6 Å². The summed E-state index contributed by atoms with van der Waals surface area (Å²) in [6.45, 7) is 2.59. The van der Waals surface area contributed by atoms with Crippen LogP contribution in [-0.4, -0.2) is 24.4 Å². The molecule has 4 rings (SSSR count). The number of nitrogens with one attached hydrogen (secondary N) is 2. The Bertz CT molecular complexity index is 945. The van der Waals surface area contributed by atoms with Crippen LogP contribution in [0.15, 0.2) is 36.4 Å². The van der Waals surface area contributed by atoms with Crippen LogP contribution in [-0.2, 0) is 16.1 Å². The van der Waals surface area contributed by atoms with E-state index in [1.807, 2.05) is 25.1 Å². The monoisotopic (exact) mass is 435 g/mol. The van der Waals surface area contributed by atoms with E-state index < -0.39 is 23.5 Å². The van der Waals surface area contributed by atoms with Gasteiger partial charge in [-0.05, 0) is 55.5 Å². The van der Waals surface area contributed by atoms with Gasteiger partial charge < -0.3 is 15.5 Å². The molecule has 1 atom stereocenters. The molecule has 0 aromatic heterocycles. The summed E-state index contributed by atoms with van der Waals surface area (Å²) < 4.78 is 26.9. The fraction of sp³-hybridized carbons (Fsp3) is 0.364. The van der Waals surface area contributed by atoms with E-state index in [2.05, 4.69) is 10.6 Å². The lowest BCUT2D eigenvalue weighted by molar-refractivity contribution is -0.132. The lowest BCUT2D eigenvalue weighted by Gasteiger charge is -2.17. The molecule has 2 fully saturated rings. The number of benzene rings is 2. The number of halogens is 3. The fourth-order valence-corrected chi connectivity index (χ4v) is 3.63. The number of rotatable bonds is 6. The molecule has 2 amide bonds. The highest BCUT2D eigenvalue weighted by Gasteiger charge is 2.37. The van der Waals surface area contributed by atoms with Gasteiger partial charge in [-0.25, -0.2) is 8.78 Å². The van der Waals surface area contributed by atoms with Crippen LogP contribution in [0.2, 0.25) is 0 Å². The first-order valence-electron chi connectivity index (χ1n) is 9.82. The third-order valence-corrected chi connectivity index (χ3v) is 5.38. The lowest BCUT2D eigenvalue weighted by Crippen LogP contribution is -2.36. The number of hydrogen-bond donors (Lipinski definition) is 2. The second kappa shape index (κ2) is 9.00. The summed E-state index contributed by atoms with van der Waals surface area (Å²) in [5.74, 6) is -3.16. The zero-order valence-electron chi connectivity index (χ0n) is 16.6. The van der Waals surface area contributed by atoms with Crippen LogP contribution in [0, 0.1) is 24.5 Å². The van der Waals surface area contributed by atoms with E-state index in [4.69, 9.17) is 0 Å². The minimum absolute atomic E-state index is 0. The molecule has 160 valence electrons. The average molecular weight is 436 g/mol. The SMILES string of the molecule is Cc1cc(CNC(=O)C2CCN(c3cc(F)cc(F)c3)C2=O)ccc1NC1CC1.Cl. The van der Waals surface area contributed by atoms with Gasteiger partial charge in [0.15, 0.2) is 0 Å². The summed E-state index contributed by atoms with van der Waals surface area (Å²) in [4.78, 5) is 26.4. The third-order valence-electron chi connectivity index (χ3n) is 5.38. The minimum atomic E-state index is -0.849. The van der Waals surface area contributed by atoms with Crippen molar-refractivity contribution in [2.75, 3.05) is 16.8 Å². The first kappa shape index (κ1) is 22.0. The van der Waals surface area contributed by atoms with E-state index >= 15 is 0 Å². The number of carbonyl (C=O) groups is 2. The fourth-order valence-electron chi connectivity index (χ4n) is 3.63. The molecule has 0 radical (unpaired) electrons. The van der Waals surface area contributed by atoms with Crippen LogP contribution in [0.1, 0.15) is 30.4 Å². The normalized spacial score (nSPS) is 18.2. The Labute approximate surface area is 180 Å². The van der Waals surface area contributed by atoms with E-state index in [-0.39, 0.29) is 30.5 Å². The van der Waals surface area contributed by atoms with Crippen molar-refractivity contribution in [2.24, 2.45) is 5.92 Å². The maximum absolute atomic E-state index is 13.4. The number of anilines is 2. The standard InChI is InChI=1S/C22H23F2N3O2.ClH/c1-13-8-14(2-5-20(13)26-17-3-4-17)12-25-21(28)19-6-7-27(22(19)29)18-10-15(23)9-16(24)11-18;/h2,5,8-11,17,19,26H,3-4,6-7,12H2,1H3,(H,25,28);1H. The molecule has 30 heavy (non-hydrogen) atoms. The predicted octanol–water partition coefficient (Wildman–Crippen LogP) is 3.94. The van der Waals surface area contributed by atoms with Gasteiger partial charge in [-0.2, -0.15) is 0 Å². The molecular weight excluding hydrogens is 412 g/mol. The molecule has 1 aliphatic heterocycles. The van der Waals surface area contributed by atoms with E-state index in [0.29, 0.717) is 19.0 Å². The number of nitrogens with zero attached hydrogens (tertiary/aromatic N) is 1. The summed E-state index contributed by atoms with van der Waals surface area (Å²) in [6, 6.07) is 9.50. The maximum Gasteiger partial charge on any atom is 0.239 e. The van der Waals surface area contributed by atoms with Gasteiger partial charge in [0.2, 0.25) is 11.8 Å². The molecule has 1 saturated carbocycles. The van der Waals surface area contributed by atoms with E-state index in [1.54, 1.807) is 0 Å². The Balaban J connectivity index is 0.00000256. The molecule has 2 aromatic rings. The summed E-state index contributed by atoms with van der Waals surface area (Å²) in [7, 11) is 0. The molecular formula is C22H24ClF2N3O2. The molecule has 1 heterocycles. The van der Waals surface area contributed by atoms with E-state index in [9.17, 15) is 18.4 Å². The van der Waals surface area contributed by atoms with Crippen molar-refractivity contribution in [1.82, 2.24) is 5.32 Å². The first-order valence-corrected chi connectivity index (χ1v) is 9.82. The Hall–Kier alpha value is -2.67. The van der Waals surface area contributed by atoms with Crippen LogP contribution in [0.3, 0.4) is 0 Å². The number of carbonyl (C=O) groups excluding carboxylic acids is 2. The smallest absolute Gasteiger partial charge is 0.239 e. The Morgan fingerprint density at radius 3 is 2.43 bits per heavy atom. The lowest BCUT2D eigenvalue weighted by atomic mass is 10.1. The summed E-state index contributed by atoms with van der Waals surface area (Å²) in [5.41, 5.74) is 3.30. The quantitative estimate of drug-likeness (QED) is 0.676.